The van der Waals surface area contributed by atoms with E-state index in [0.717, 1.165) is 11.1 Å². The maximum absolute atomic E-state index is 14.8. The normalized spacial score (nSPS) is 31.6. The van der Waals surface area contributed by atoms with Crippen LogP contribution in [-0.4, -0.2) is 70.8 Å². The molecule has 0 aliphatic carbocycles. The van der Waals surface area contributed by atoms with Crippen LogP contribution in [0.25, 0.3) is 0 Å². The summed E-state index contributed by atoms with van der Waals surface area (Å²) in [6.07, 6.45) is 8.15. The molecule has 214 valence electrons. The predicted octanol–water partition coefficient (Wildman–Crippen LogP) is 3.63. The Morgan fingerprint density at radius 2 is 1.80 bits per heavy atom. The highest BCUT2D eigenvalue weighted by Gasteiger charge is 2.75. The summed E-state index contributed by atoms with van der Waals surface area (Å²) in [4.78, 5) is 45.9. The minimum Gasteiger partial charge on any atom is -0.465 e. The van der Waals surface area contributed by atoms with Crippen LogP contribution in [0, 0.1) is 18.8 Å². The van der Waals surface area contributed by atoms with E-state index in [4.69, 9.17) is 21.1 Å². The van der Waals surface area contributed by atoms with Crippen LogP contribution in [0.5, 0.6) is 0 Å². The first-order valence-corrected chi connectivity index (χ1v) is 14.4. The number of halogens is 1. The summed E-state index contributed by atoms with van der Waals surface area (Å²) in [6.45, 7) is 3.67. The number of fused-ring (bicyclic) bond motifs is 2. The van der Waals surface area contributed by atoms with Crippen molar-refractivity contribution in [3.05, 3.63) is 89.0 Å². The lowest BCUT2D eigenvalue weighted by atomic mass is 9.74. The van der Waals surface area contributed by atoms with Crippen molar-refractivity contribution in [3.63, 3.8) is 0 Å². The fourth-order valence-corrected chi connectivity index (χ4v) is 7.45. The summed E-state index contributed by atoms with van der Waals surface area (Å²) in [5.74, 6) is -3.32. The molecule has 2 saturated heterocycles. The molecular formula is C32H33ClN2O6. The van der Waals surface area contributed by atoms with Gasteiger partial charge in [0.2, 0.25) is 5.91 Å². The van der Waals surface area contributed by atoms with Crippen molar-refractivity contribution in [1.29, 1.82) is 0 Å². The van der Waals surface area contributed by atoms with Gasteiger partial charge in [0.15, 0.2) is 0 Å². The molecule has 2 aromatic carbocycles. The zero-order valence-corrected chi connectivity index (χ0v) is 23.8. The second-order valence-corrected chi connectivity index (χ2v) is 11.8. The van der Waals surface area contributed by atoms with E-state index in [0.29, 0.717) is 23.6 Å². The number of para-hydroxylation sites is 1. The number of nitrogens with zero attached hydrogens (tertiary/aromatic N) is 2. The zero-order valence-electron chi connectivity index (χ0n) is 23.0. The van der Waals surface area contributed by atoms with Crippen molar-refractivity contribution < 1.29 is 29.0 Å². The van der Waals surface area contributed by atoms with Crippen molar-refractivity contribution >= 4 is 35.1 Å². The minimum absolute atomic E-state index is 0.198. The number of benzene rings is 2. The highest BCUT2D eigenvalue weighted by atomic mass is 35.5. The van der Waals surface area contributed by atoms with Crippen molar-refractivity contribution in [2.45, 2.75) is 50.0 Å². The summed E-state index contributed by atoms with van der Waals surface area (Å²) in [6, 6.07) is 13.0. The van der Waals surface area contributed by atoms with E-state index in [-0.39, 0.29) is 25.7 Å². The van der Waals surface area contributed by atoms with Gasteiger partial charge in [0, 0.05) is 6.54 Å². The van der Waals surface area contributed by atoms with Gasteiger partial charge in [0.25, 0.3) is 5.91 Å². The van der Waals surface area contributed by atoms with E-state index in [2.05, 4.69) is 0 Å². The SMILES string of the molecule is Cc1cccc(Cl)c1N1CC=C[C@]23O[C@]4(C)C=CCCOC(=O)[C@@H]4[C@H]2C(=O)N([C@@H](CO)Cc2ccccc2)C3C1=O. The Hall–Kier alpha value is -3.46. The average Bonchev–Trinajstić information content (AvgIpc) is 3.27. The molecule has 6 rings (SSSR count). The fourth-order valence-electron chi connectivity index (χ4n) is 7.12. The van der Waals surface area contributed by atoms with Crippen LogP contribution in [0.3, 0.4) is 0 Å². The topological polar surface area (TPSA) is 96.4 Å². The summed E-state index contributed by atoms with van der Waals surface area (Å²) in [5.41, 5.74) is -0.376. The Morgan fingerprint density at radius 1 is 1.02 bits per heavy atom. The van der Waals surface area contributed by atoms with E-state index in [1.54, 1.807) is 24.0 Å². The number of hydrogen-bond acceptors (Lipinski definition) is 6. The van der Waals surface area contributed by atoms with Crippen molar-refractivity contribution in [2.75, 3.05) is 24.7 Å². The Bertz CT molecular complexity index is 1420. The van der Waals surface area contributed by atoms with E-state index in [1.165, 1.54) is 4.90 Å². The number of ether oxygens (including phenoxy) is 2. The Labute approximate surface area is 244 Å². The first-order valence-electron chi connectivity index (χ1n) is 14.0. The van der Waals surface area contributed by atoms with Gasteiger partial charge in [-0.1, -0.05) is 78.4 Å². The highest BCUT2D eigenvalue weighted by Crippen LogP contribution is 2.58. The summed E-state index contributed by atoms with van der Waals surface area (Å²) >= 11 is 6.63. The Morgan fingerprint density at radius 3 is 2.54 bits per heavy atom. The highest BCUT2D eigenvalue weighted by molar-refractivity contribution is 6.34. The van der Waals surface area contributed by atoms with Crippen LogP contribution in [0.1, 0.15) is 24.5 Å². The molecule has 1 N–H and O–H groups in total. The molecule has 9 heteroatoms. The Kier molecular flexibility index (Phi) is 7.04. The molecule has 1 unspecified atom stereocenters. The number of carbonyl (C=O) groups is 3. The second-order valence-electron chi connectivity index (χ2n) is 11.4. The number of aliphatic hydroxyl groups excluding tert-OH is 1. The molecule has 6 atom stereocenters. The number of aliphatic hydroxyl groups is 1. The molecular weight excluding hydrogens is 544 g/mol. The van der Waals surface area contributed by atoms with Gasteiger partial charge in [-0.2, -0.15) is 0 Å². The maximum Gasteiger partial charge on any atom is 0.313 e. The molecule has 4 heterocycles. The first kappa shape index (κ1) is 27.7. The van der Waals surface area contributed by atoms with Gasteiger partial charge in [-0.3, -0.25) is 14.4 Å². The molecule has 8 nitrogen and oxygen atoms in total. The van der Waals surface area contributed by atoms with Crippen LogP contribution < -0.4 is 4.90 Å². The van der Waals surface area contributed by atoms with Crippen LogP contribution in [0.4, 0.5) is 5.69 Å². The summed E-state index contributed by atoms with van der Waals surface area (Å²) in [7, 11) is 0. The molecule has 2 amide bonds. The largest absolute Gasteiger partial charge is 0.465 e. The number of aryl methyl sites for hydroxylation is 1. The number of hydrogen-bond donors (Lipinski definition) is 1. The van der Waals surface area contributed by atoms with Gasteiger partial charge in [-0.25, -0.2) is 0 Å². The van der Waals surface area contributed by atoms with E-state index < -0.39 is 47.0 Å². The summed E-state index contributed by atoms with van der Waals surface area (Å²) < 4.78 is 12.4. The van der Waals surface area contributed by atoms with Gasteiger partial charge >= 0.3 is 5.97 Å². The van der Waals surface area contributed by atoms with Gasteiger partial charge < -0.3 is 24.4 Å². The predicted molar refractivity (Wildman–Crippen MR) is 153 cm³/mol. The minimum atomic E-state index is -1.46. The number of likely N-dealkylation sites (tertiary alicyclic amines) is 1. The number of cyclic esters (lactones) is 1. The van der Waals surface area contributed by atoms with Gasteiger partial charge in [-0.15, -0.1) is 0 Å². The van der Waals surface area contributed by atoms with Crippen molar-refractivity contribution in [1.82, 2.24) is 4.90 Å². The number of amides is 2. The zero-order chi connectivity index (χ0) is 28.9. The number of anilines is 1. The van der Waals surface area contributed by atoms with E-state index in [9.17, 15) is 19.5 Å². The third-order valence-electron chi connectivity index (χ3n) is 8.83. The molecule has 2 aromatic rings. The Balaban J connectivity index is 1.52. The molecule has 0 saturated carbocycles. The molecule has 41 heavy (non-hydrogen) atoms. The van der Waals surface area contributed by atoms with Crippen molar-refractivity contribution in [3.8, 4) is 0 Å². The maximum atomic E-state index is 14.8. The number of esters is 1. The average molecular weight is 577 g/mol. The van der Waals surface area contributed by atoms with E-state index in [1.807, 2.05) is 67.6 Å². The molecule has 4 aliphatic rings. The third kappa shape index (κ3) is 4.31. The first-order chi connectivity index (χ1) is 19.7. The lowest BCUT2D eigenvalue weighted by Crippen LogP contribution is -2.59. The molecule has 1 spiro atoms. The standard InChI is InChI=1S/C32H33ClN2O6/c1-20-10-8-13-23(33)26(20)34-16-9-15-32-24(25-30(39)40-17-7-6-14-31(25,2)41-32)28(37)35(27(32)29(34)38)22(19-36)18-21-11-4-3-5-12-21/h3-6,8-15,22,24-25,27,36H,7,16-19H2,1-2H3/t22-,24+,25+,27?,31-,32+/m1/s1. The monoisotopic (exact) mass is 576 g/mol. The van der Waals surface area contributed by atoms with E-state index >= 15 is 0 Å². The third-order valence-corrected chi connectivity index (χ3v) is 9.14. The quantitative estimate of drug-likeness (QED) is 0.431. The van der Waals surface area contributed by atoms with Crippen LogP contribution >= 0.6 is 11.6 Å². The van der Waals surface area contributed by atoms with Crippen LogP contribution in [0.2, 0.25) is 5.02 Å². The van der Waals surface area contributed by atoms with Gasteiger partial charge in [-0.05, 0) is 43.9 Å². The van der Waals surface area contributed by atoms with Crippen molar-refractivity contribution in [2.24, 2.45) is 11.8 Å². The molecule has 0 bridgehead atoms. The molecule has 0 aromatic heterocycles. The summed E-state index contributed by atoms with van der Waals surface area (Å²) in [5, 5.41) is 11.1. The molecule has 2 fully saturated rings. The van der Waals surface area contributed by atoms with Crippen LogP contribution in [-0.2, 0) is 30.3 Å². The molecule has 0 radical (unpaired) electrons. The fraction of sp³-hybridized carbons (Fsp3) is 0.406. The lowest BCUT2D eigenvalue weighted by Gasteiger charge is -2.40. The van der Waals surface area contributed by atoms with Crippen LogP contribution in [0.15, 0.2) is 72.8 Å². The lowest BCUT2D eigenvalue weighted by molar-refractivity contribution is -0.160. The smallest absolute Gasteiger partial charge is 0.313 e. The van der Waals surface area contributed by atoms with Gasteiger partial charge in [0.05, 0.1) is 41.5 Å². The number of carbonyl (C=O) groups excluding carboxylic acids is 3. The molecule has 4 aliphatic heterocycles. The second kappa shape index (κ2) is 10.4. The van der Waals surface area contributed by atoms with Gasteiger partial charge in [0.1, 0.15) is 17.6 Å². The number of rotatable bonds is 5.